The van der Waals surface area contributed by atoms with Crippen molar-refractivity contribution in [1.82, 2.24) is 14.6 Å². The average molecular weight is 458 g/mol. The van der Waals surface area contributed by atoms with Crippen LogP contribution in [0, 0.1) is 5.82 Å². The fourth-order valence-electron chi connectivity index (χ4n) is 3.94. The number of aliphatic hydroxyl groups is 1. The van der Waals surface area contributed by atoms with E-state index in [9.17, 15) is 14.3 Å². The number of hydrogen-bond acceptors (Lipinski definition) is 5. The first-order valence-electron chi connectivity index (χ1n) is 10.7. The molecule has 2 aromatic heterocycles. The largest absolute Gasteiger partial charge is 0.393 e. The second-order valence-electron chi connectivity index (χ2n) is 7.86. The van der Waals surface area contributed by atoms with Crippen LogP contribution in [0.25, 0.3) is 5.65 Å². The Morgan fingerprint density at radius 3 is 3.06 bits per heavy atom. The summed E-state index contributed by atoms with van der Waals surface area (Å²) in [5.74, 6) is 0.0462. The number of hydrogen-bond donors (Lipinski definition) is 2. The number of carbonyl (C=O) groups excluding carboxylic acids is 1. The number of benzene rings is 1. The third kappa shape index (κ3) is 4.92. The highest BCUT2D eigenvalue weighted by atomic mass is 35.5. The molecule has 2 atom stereocenters. The SMILES string of the molecule is CCC(O)C/C=C\C(=O)Nc1cnn2ccc(N3CCC[C@@H]3c3cc(F)cc(Cl)c3)nc12. The van der Waals surface area contributed by atoms with E-state index in [0.29, 0.717) is 29.2 Å². The number of amides is 1. The summed E-state index contributed by atoms with van der Waals surface area (Å²) in [6.07, 6.45) is 8.78. The maximum absolute atomic E-state index is 13.9. The molecule has 0 spiro atoms. The highest BCUT2D eigenvalue weighted by Crippen LogP contribution is 2.36. The minimum Gasteiger partial charge on any atom is -0.393 e. The van der Waals surface area contributed by atoms with Crippen molar-refractivity contribution in [2.75, 3.05) is 16.8 Å². The molecule has 7 nitrogen and oxygen atoms in total. The van der Waals surface area contributed by atoms with Crippen LogP contribution in [0.15, 0.2) is 48.8 Å². The molecule has 0 radical (unpaired) electrons. The molecule has 3 aromatic rings. The molecular weight excluding hydrogens is 433 g/mol. The van der Waals surface area contributed by atoms with Crippen molar-refractivity contribution in [3.05, 3.63) is 65.2 Å². The predicted octanol–water partition coefficient (Wildman–Crippen LogP) is 4.52. The molecule has 1 aliphatic rings. The molecule has 1 aliphatic heterocycles. The predicted molar refractivity (Wildman–Crippen MR) is 122 cm³/mol. The van der Waals surface area contributed by atoms with Gasteiger partial charge in [0.25, 0.3) is 0 Å². The molecule has 9 heteroatoms. The molecule has 1 aromatic carbocycles. The van der Waals surface area contributed by atoms with Gasteiger partial charge in [-0.25, -0.2) is 13.9 Å². The number of halogens is 2. The summed E-state index contributed by atoms with van der Waals surface area (Å²) in [5, 5.41) is 17.0. The van der Waals surface area contributed by atoms with E-state index >= 15 is 0 Å². The highest BCUT2D eigenvalue weighted by Gasteiger charge is 2.28. The Kier molecular flexibility index (Phi) is 6.72. The Bertz CT molecular complexity index is 1130. The molecule has 4 rings (SSSR count). The standard InChI is InChI=1S/C23H25ClFN5O2/c1-2-18(31)5-3-7-22(32)27-19-14-26-30-10-8-21(28-23(19)30)29-9-4-6-20(29)15-11-16(24)13-17(25)12-15/h3,7-8,10-14,18,20,31H,2,4-6,9H2,1H3,(H,27,32)/b7-3-/t18?,20-/m1/s1. The molecule has 0 saturated carbocycles. The van der Waals surface area contributed by atoms with Gasteiger partial charge in [0.05, 0.1) is 18.3 Å². The van der Waals surface area contributed by atoms with Crippen molar-refractivity contribution in [2.45, 2.75) is 44.8 Å². The van der Waals surface area contributed by atoms with Crippen LogP contribution in [0.3, 0.4) is 0 Å². The van der Waals surface area contributed by atoms with Crippen molar-refractivity contribution >= 4 is 34.7 Å². The van der Waals surface area contributed by atoms with Gasteiger partial charge in [-0.15, -0.1) is 0 Å². The topological polar surface area (TPSA) is 82.8 Å². The summed E-state index contributed by atoms with van der Waals surface area (Å²) in [5.41, 5.74) is 1.82. The smallest absolute Gasteiger partial charge is 0.248 e. The van der Waals surface area contributed by atoms with E-state index in [1.165, 1.54) is 18.2 Å². The molecule has 168 valence electrons. The van der Waals surface area contributed by atoms with Crippen LogP contribution >= 0.6 is 11.6 Å². The zero-order valence-corrected chi connectivity index (χ0v) is 18.5. The van der Waals surface area contributed by atoms with Crippen LogP contribution in [0.1, 0.15) is 44.2 Å². The lowest BCUT2D eigenvalue weighted by molar-refractivity contribution is -0.111. The van der Waals surface area contributed by atoms with Crippen LogP contribution in [0.4, 0.5) is 15.9 Å². The van der Waals surface area contributed by atoms with Crippen molar-refractivity contribution in [3.8, 4) is 0 Å². The summed E-state index contributed by atoms with van der Waals surface area (Å²) < 4.78 is 15.5. The second kappa shape index (κ2) is 9.67. The maximum atomic E-state index is 13.9. The number of fused-ring (bicyclic) bond motifs is 1. The Hall–Kier alpha value is -2.97. The normalized spacial score (nSPS) is 17.4. The second-order valence-corrected chi connectivity index (χ2v) is 8.29. The molecule has 1 unspecified atom stereocenters. The van der Waals surface area contributed by atoms with Crippen LogP contribution < -0.4 is 10.2 Å². The van der Waals surface area contributed by atoms with Gasteiger partial charge in [0.2, 0.25) is 5.91 Å². The molecule has 0 aliphatic carbocycles. The van der Waals surface area contributed by atoms with Crippen LogP contribution in [0.5, 0.6) is 0 Å². The monoisotopic (exact) mass is 457 g/mol. The van der Waals surface area contributed by atoms with Crippen LogP contribution in [-0.2, 0) is 4.79 Å². The van der Waals surface area contributed by atoms with Gasteiger partial charge < -0.3 is 15.3 Å². The van der Waals surface area contributed by atoms with Gasteiger partial charge in [0.1, 0.15) is 17.3 Å². The number of aliphatic hydroxyl groups excluding tert-OH is 1. The van der Waals surface area contributed by atoms with Gasteiger partial charge in [-0.05, 0) is 61.6 Å². The lowest BCUT2D eigenvalue weighted by Crippen LogP contribution is -2.24. The third-order valence-corrected chi connectivity index (χ3v) is 5.80. The lowest BCUT2D eigenvalue weighted by atomic mass is 10.0. The van der Waals surface area contributed by atoms with Crippen LogP contribution in [-0.4, -0.2) is 38.3 Å². The molecular formula is C23H25ClFN5O2. The Labute approximate surface area is 190 Å². The first kappa shape index (κ1) is 22.2. The molecule has 1 saturated heterocycles. The first-order chi connectivity index (χ1) is 15.4. The van der Waals surface area contributed by atoms with E-state index in [0.717, 1.165) is 30.8 Å². The van der Waals surface area contributed by atoms with E-state index in [1.807, 2.05) is 13.0 Å². The van der Waals surface area contributed by atoms with Crippen molar-refractivity contribution in [2.24, 2.45) is 0 Å². The average Bonchev–Trinajstić information content (AvgIpc) is 3.40. The Balaban J connectivity index is 1.56. The lowest BCUT2D eigenvalue weighted by Gasteiger charge is -2.26. The molecule has 3 heterocycles. The number of nitrogens with zero attached hydrogens (tertiary/aromatic N) is 4. The Morgan fingerprint density at radius 2 is 2.28 bits per heavy atom. The zero-order chi connectivity index (χ0) is 22.7. The quantitative estimate of drug-likeness (QED) is 0.510. The summed E-state index contributed by atoms with van der Waals surface area (Å²) in [4.78, 5) is 19.1. The molecule has 32 heavy (non-hydrogen) atoms. The third-order valence-electron chi connectivity index (χ3n) is 5.58. The maximum Gasteiger partial charge on any atom is 0.248 e. The zero-order valence-electron chi connectivity index (χ0n) is 17.7. The van der Waals surface area contributed by atoms with E-state index in [2.05, 4.69) is 15.3 Å². The van der Waals surface area contributed by atoms with Gasteiger partial charge in [-0.2, -0.15) is 5.10 Å². The summed E-state index contributed by atoms with van der Waals surface area (Å²) in [6.45, 7) is 2.66. The number of carbonyl (C=O) groups is 1. The first-order valence-corrected chi connectivity index (χ1v) is 11.0. The Morgan fingerprint density at radius 1 is 1.44 bits per heavy atom. The van der Waals surface area contributed by atoms with Crippen molar-refractivity contribution in [3.63, 3.8) is 0 Å². The van der Waals surface area contributed by atoms with Gasteiger partial charge in [0.15, 0.2) is 5.65 Å². The fourth-order valence-corrected chi connectivity index (χ4v) is 4.17. The highest BCUT2D eigenvalue weighted by molar-refractivity contribution is 6.30. The van der Waals surface area contributed by atoms with E-state index < -0.39 is 6.10 Å². The van der Waals surface area contributed by atoms with Gasteiger partial charge in [-0.3, -0.25) is 4.79 Å². The molecule has 1 fully saturated rings. The number of nitrogens with one attached hydrogen (secondary N) is 1. The number of aromatic nitrogens is 3. The van der Waals surface area contributed by atoms with Crippen LogP contribution in [0.2, 0.25) is 5.02 Å². The van der Waals surface area contributed by atoms with Gasteiger partial charge in [0, 0.05) is 17.8 Å². The van der Waals surface area contributed by atoms with Gasteiger partial charge >= 0.3 is 0 Å². The summed E-state index contributed by atoms with van der Waals surface area (Å²) in [6, 6.07) is 6.43. The minimum atomic E-state index is -0.457. The minimum absolute atomic E-state index is 0.0351. The number of anilines is 2. The fraction of sp³-hybridized carbons (Fsp3) is 0.348. The van der Waals surface area contributed by atoms with E-state index in [1.54, 1.807) is 29.1 Å². The van der Waals surface area contributed by atoms with E-state index in [4.69, 9.17) is 16.6 Å². The van der Waals surface area contributed by atoms with Crippen molar-refractivity contribution < 1.29 is 14.3 Å². The van der Waals surface area contributed by atoms with Crippen molar-refractivity contribution in [1.29, 1.82) is 0 Å². The molecule has 2 N–H and O–H groups in total. The number of rotatable bonds is 7. The summed E-state index contributed by atoms with van der Waals surface area (Å²) in [7, 11) is 0. The van der Waals surface area contributed by atoms with E-state index in [-0.39, 0.29) is 17.8 Å². The molecule has 1 amide bonds. The summed E-state index contributed by atoms with van der Waals surface area (Å²) >= 11 is 6.07. The van der Waals surface area contributed by atoms with Gasteiger partial charge in [-0.1, -0.05) is 24.6 Å². The molecule has 0 bridgehead atoms.